The molecule has 1 saturated carbocycles. The molecule has 10 nitrogen and oxygen atoms in total. The number of carbonyl (C=O) groups is 1. The van der Waals surface area contributed by atoms with Gasteiger partial charge in [0.2, 0.25) is 10.0 Å². The fourth-order valence-corrected chi connectivity index (χ4v) is 8.11. The van der Waals surface area contributed by atoms with Gasteiger partial charge in [-0.25, -0.2) is 27.5 Å². The molecular weight excluding hydrogens is 583 g/mol. The van der Waals surface area contributed by atoms with Gasteiger partial charge in [-0.1, -0.05) is 0 Å². The van der Waals surface area contributed by atoms with Crippen LogP contribution in [-0.2, 0) is 10.0 Å². The van der Waals surface area contributed by atoms with Crippen molar-refractivity contribution >= 4 is 21.7 Å². The lowest BCUT2D eigenvalue weighted by atomic mass is 9.71. The normalized spacial score (nSPS) is 22.3. The van der Waals surface area contributed by atoms with Gasteiger partial charge in [-0.15, -0.1) is 0 Å². The highest BCUT2D eigenvalue weighted by Crippen LogP contribution is 2.45. The summed E-state index contributed by atoms with van der Waals surface area (Å²) in [5, 5.41) is 0. The van der Waals surface area contributed by atoms with Gasteiger partial charge in [-0.2, -0.15) is 0 Å². The molecule has 44 heavy (non-hydrogen) atoms. The van der Waals surface area contributed by atoms with Crippen LogP contribution in [0.3, 0.4) is 0 Å². The second kappa shape index (κ2) is 13.3. The molecule has 0 radical (unpaired) electrons. The van der Waals surface area contributed by atoms with Gasteiger partial charge < -0.3 is 19.4 Å². The maximum Gasteiger partial charge on any atom is 0.258 e. The van der Waals surface area contributed by atoms with Gasteiger partial charge in [0.1, 0.15) is 17.9 Å². The molecule has 1 aromatic carbocycles. The van der Waals surface area contributed by atoms with Crippen LogP contribution in [0.4, 0.5) is 10.2 Å². The molecule has 1 spiro atoms. The van der Waals surface area contributed by atoms with E-state index in [0.717, 1.165) is 71.2 Å². The molecular formula is C32H47FN6O4S. The molecule has 1 aromatic heterocycles. The third-order valence-corrected chi connectivity index (χ3v) is 10.2. The third kappa shape index (κ3) is 7.69. The Balaban J connectivity index is 1.18. The van der Waals surface area contributed by atoms with Crippen molar-refractivity contribution in [1.29, 1.82) is 0 Å². The lowest BCUT2D eigenvalue weighted by Crippen LogP contribution is -2.61. The van der Waals surface area contributed by atoms with E-state index in [1.54, 1.807) is 11.1 Å². The van der Waals surface area contributed by atoms with Crippen LogP contribution in [0.25, 0.3) is 0 Å². The number of amides is 1. The van der Waals surface area contributed by atoms with Crippen LogP contribution in [0.1, 0.15) is 76.6 Å². The van der Waals surface area contributed by atoms with Crippen LogP contribution >= 0.6 is 0 Å². The minimum Gasteiger partial charge on any atom is -0.451 e. The number of benzene rings is 1. The summed E-state index contributed by atoms with van der Waals surface area (Å²) in [5.41, 5.74) is 0.414. The van der Waals surface area contributed by atoms with Crippen LogP contribution in [0, 0.1) is 17.2 Å². The number of halogens is 1. The van der Waals surface area contributed by atoms with E-state index in [2.05, 4.69) is 24.5 Å². The number of anilines is 1. The fraction of sp³-hybridized carbons (Fsp3) is 0.656. The summed E-state index contributed by atoms with van der Waals surface area (Å²) in [4.78, 5) is 28.7. The number of piperidine rings is 1. The first-order chi connectivity index (χ1) is 20.8. The minimum absolute atomic E-state index is 0.0582. The first kappa shape index (κ1) is 32.6. The summed E-state index contributed by atoms with van der Waals surface area (Å²) < 4.78 is 46.5. The fourth-order valence-electron chi connectivity index (χ4n) is 7.27. The van der Waals surface area contributed by atoms with Crippen LogP contribution in [0.15, 0.2) is 30.7 Å². The zero-order valence-corrected chi connectivity index (χ0v) is 27.4. The SMILES string of the molecule is CC(C)N(C(=O)c1cc(F)ccc1Oc1cncnc1N1CC2(CCN(C[C@H]3CC[C@@H](NS(C)(=O)=O)CC3)CC2)C1)C(C)C. The Morgan fingerprint density at radius 1 is 1.09 bits per heavy atom. The molecule has 3 aliphatic rings. The summed E-state index contributed by atoms with van der Waals surface area (Å²) in [6.07, 6.45) is 10.5. The average molecular weight is 631 g/mol. The van der Waals surface area contributed by atoms with Crippen LogP contribution in [0.5, 0.6) is 11.5 Å². The van der Waals surface area contributed by atoms with Crippen LogP contribution < -0.4 is 14.4 Å². The Hall–Kier alpha value is -2.83. The molecule has 2 saturated heterocycles. The monoisotopic (exact) mass is 630 g/mol. The van der Waals surface area contributed by atoms with E-state index in [0.29, 0.717) is 17.5 Å². The highest BCUT2D eigenvalue weighted by atomic mass is 32.2. The second-order valence-electron chi connectivity index (χ2n) is 13.6. The smallest absolute Gasteiger partial charge is 0.258 e. The quantitative estimate of drug-likeness (QED) is 0.404. The van der Waals surface area contributed by atoms with E-state index >= 15 is 0 Å². The van der Waals surface area contributed by atoms with Crippen molar-refractivity contribution in [3.05, 3.63) is 42.1 Å². The summed E-state index contributed by atoms with van der Waals surface area (Å²) >= 11 is 0. The number of likely N-dealkylation sites (tertiary alicyclic amines) is 1. The van der Waals surface area contributed by atoms with Gasteiger partial charge in [0.25, 0.3) is 5.91 Å². The van der Waals surface area contributed by atoms with E-state index in [-0.39, 0.29) is 40.8 Å². The predicted octanol–water partition coefficient (Wildman–Crippen LogP) is 4.68. The van der Waals surface area contributed by atoms with Gasteiger partial charge in [0.15, 0.2) is 11.6 Å². The second-order valence-corrected chi connectivity index (χ2v) is 15.4. The summed E-state index contributed by atoms with van der Waals surface area (Å²) in [6, 6.07) is 4.00. The van der Waals surface area contributed by atoms with Crippen LogP contribution in [-0.4, -0.2) is 91.2 Å². The number of aromatic nitrogens is 2. The number of carbonyl (C=O) groups excluding carboxylic acids is 1. The van der Waals surface area contributed by atoms with Gasteiger partial charge in [0.05, 0.1) is 18.0 Å². The zero-order chi connectivity index (χ0) is 31.6. The zero-order valence-electron chi connectivity index (χ0n) is 26.6. The molecule has 2 aliphatic heterocycles. The summed E-state index contributed by atoms with van der Waals surface area (Å²) in [5.74, 6) is 1.25. The van der Waals surface area contributed by atoms with Crippen molar-refractivity contribution in [2.45, 2.75) is 84.3 Å². The number of nitrogens with one attached hydrogen (secondary N) is 1. The number of hydrogen-bond acceptors (Lipinski definition) is 8. The van der Waals surface area contributed by atoms with E-state index < -0.39 is 15.8 Å². The van der Waals surface area contributed by atoms with E-state index in [1.165, 1.54) is 30.8 Å². The maximum atomic E-state index is 14.3. The van der Waals surface area contributed by atoms with Crippen molar-refractivity contribution in [1.82, 2.24) is 24.5 Å². The standard InChI is InChI=1S/C32H47FN6O4S/c1-22(2)39(23(3)4)31(40)27-16-25(33)8-11-28(27)43-29-17-34-21-35-30(29)38-19-32(20-38)12-14-37(15-13-32)18-24-6-9-26(10-7-24)36-44(5,41)42/h8,11,16-17,21-24,26,36H,6-7,9-10,12-15,18-20H2,1-5H3/t24-,26+. The van der Waals surface area contributed by atoms with Gasteiger partial charge in [-0.05, 0) is 103 Å². The Kier molecular flexibility index (Phi) is 9.81. The van der Waals surface area contributed by atoms with Crippen molar-refractivity contribution in [2.75, 3.05) is 43.9 Å². The molecule has 2 aromatic rings. The highest BCUT2D eigenvalue weighted by molar-refractivity contribution is 7.88. The molecule has 5 rings (SSSR count). The maximum absolute atomic E-state index is 14.3. The molecule has 242 valence electrons. The lowest BCUT2D eigenvalue weighted by molar-refractivity contribution is 0.0618. The summed E-state index contributed by atoms with van der Waals surface area (Å²) in [7, 11) is -3.15. The number of rotatable bonds is 10. The predicted molar refractivity (Wildman–Crippen MR) is 169 cm³/mol. The van der Waals surface area contributed by atoms with Crippen molar-refractivity contribution in [2.24, 2.45) is 11.3 Å². The Morgan fingerprint density at radius 2 is 1.75 bits per heavy atom. The molecule has 1 N–H and O–H groups in total. The number of sulfonamides is 1. The Bertz CT molecular complexity index is 1410. The number of hydrogen-bond donors (Lipinski definition) is 1. The lowest BCUT2D eigenvalue weighted by Gasteiger charge is -2.54. The Labute approximate surface area is 261 Å². The molecule has 0 bridgehead atoms. The third-order valence-electron chi connectivity index (χ3n) is 9.41. The van der Waals surface area contributed by atoms with Gasteiger partial charge >= 0.3 is 0 Å². The molecule has 3 fully saturated rings. The molecule has 1 aliphatic carbocycles. The Morgan fingerprint density at radius 3 is 2.36 bits per heavy atom. The van der Waals surface area contributed by atoms with E-state index in [9.17, 15) is 17.6 Å². The first-order valence-electron chi connectivity index (χ1n) is 15.9. The topological polar surface area (TPSA) is 108 Å². The van der Waals surface area contributed by atoms with E-state index in [4.69, 9.17) is 4.74 Å². The number of ether oxygens (including phenoxy) is 1. The number of nitrogens with zero attached hydrogens (tertiary/aromatic N) is 5. The molecule has 12 heteroatoms. The minimum atomic E-state index is -3.15. The summed E-state index contributed by atoms with van der Waals surface area (Å²) in [6.45, 7) is 12.7. The van der Waals surface area contributed by atoms with Crippen molar-refractivity contribution in [3.8, 4) is 11.5 Å². The van der Waals surface area contributed by atoms with Gasteiger partial charge in [0, 0.05) is 43.2 Å². The van der Waals surface area contributed by atoms with Crippen molar-refractivity contribution in [3.63, 3.8) is 0 Å². The molecule has 0 atom stereocenters. The largest absolute Gasteiger partial charge is 0.451 e. The first-order valence-corrected chi connectivity index (χ1v) is 17.8. The van der Waals surface area contributed by atoms with E-state index in [1.807, 2.05) is 27.7 Å². The van der Waals surface area contributed by atoms with Gasteiger partial charge in [-0.3, -0.25) is 4.79 Å². The average Bonchev–Trinajstić information content (AvgIpc) is 2.93. The highest BCUT2D eigenvalue weighted by Gasteiger charge is 2.46. The van der Waals surface area contributed by atoms with Crippen molar-refractivity contribution < 1.29 is 22.3 Å². The van der Waals surface area contributed by atoms with Crippen LogP contribution in [0.2, 0.25) is 0 Å². The molecule has 3 heterocycles. The molecule has 0 unspecified atom stereocenters. The molecule has 1 amide bonds.